The molecule has 0 radical (unpaired) electrons. The van der Waals surface area contributed by atoms with Crippen molar-refractivity contribution in [2.45, 2.75) is 0 Å². The molecule has 0 saturated heterocycles. The Morgan fingerprint density at radius 2 is 2.00 bits per heavy atom. The van der Waals surface area contributed by atoms with Crippen LogP contribution >= 0.6 is 0 Å². The molecule has 0 atom stereocenters. The van der Waals surface area contributed by atoms with Crippen LogP contribution in [0.25, 0.3) is 22.4 Å². The third-order valence-electron chi connectivity index (χ3n) is 2.13. The highest BCUT2D eigenvalue weighted by molar-refractivity contribution is 5.78. The van der Waals surface area contributed by atoms with Gasteiger partial charge in [-0.25, -0.2) is 9.97 Å². The number of hydrogen-bond acceptors (Lipinski definition) is 4. The first-order valence-corrected chi connectivity index (χ1v) is 4.51. The molecule has 3 rings (SSSR count). The number of aromatic nitrogens is 5. The van der Waals surface area contributed by atoms with Crippen molar-refractivity contribution in [3.05, 3.63) is 36.7 Å². The predicted octanol–water partition coefficient (Wildman–Crippen LogP) is 1.41. The maximum atomic E-state index is 4.38. The largest absolute Gasteiger partial charge is 0.234 e. The van der Waals surface area contributed by atoms with Crippen LogP contribution in [-0.4, -0.2) is 25.4 Å². The SMILES string of the molecule is c1ccc2nc(-c3cn[nH]n3)ncc2c1. The Morgan fingerprint density at radius 3 is 2.87 bits per heavy atom. The first kappa shape index (κ1) is 8.05. The second kappa shape index (κ2) is 3.13. The van der Waals surface area contributed by atoms with Gasteiger partial charge in [-0.15, -0.1) is 0 Å². The Balaban J connectivity index is 2.22. The van der Waals surface area contributed by atoms with Gasteiger partial charge in [-0.1, -0.05) is 18.2 Å². The lowest BCUT2D eigenvalue weighted by Crippen LogP contribution is -1.89. The lowest BCUT2D eigenvalue weighted by atomic mass is 10.2. The third-order valence-corrected chi connectivity index (χ3v) is 2.13. The fourth-order valence-corrected chi connectivity index (χ4v) is 1.40. The molecule has 72 valence electrons. The van der Waals surface area contributed by atoms with Gasteiger partial charge >= 0.3 is 0 Å². The molecule has 3 aromatic rings. The van der Waals surface area contributed by atoms with Crippen LogP contribution in [0.5, 0.6) is 0 Å². The zero-order valence-electron chi connectivity index (χ0n) is 7.75. The van der Waals surface area contributed by atoms with Gasteiger partial charge in [-0.05, 0) is 6.07 Å². The van der Waals surface area contributed by atoms with Gasteiger partial charge in [0.1, 0.15) is 5.69 Å². The van der Waals surface area contributed by atoms with Crippen molar-refractivity contribution in [3.63, 3.8) is 0 Å². The van der Waals surface area contributed by atoms with E-state index in [-0.39, 0.29) is 0 Å². The predicted molar refractivity (Wildman–Crippen MR) is 54.9 cm³/mol. The molecule has 1 aromatic carbocycles. The van der Waals surface area contributed by atoms with E-state index in [1.54, 1.807) is 12.4 Å². The molecule has 5 nitrogen and oxygen atoms in total. The molecule has 15 heavy (non-hydrogen) atoms. The first-order chi connectivity index (χ1) is 7.43. The number of nitrogens with zero attached hydrogens (tertiary/aromatic N) is 4. The summed E-state index contributed by atoms with van der Waals surface area (Å²) in [6, 6.07) is 7.83. The smallest absolute Gasteiger partial charge is 0.182 e. The van der Waals surface area contributed by atoms with Crippen molar-refractivity contribution in [3.8, 4) is 11.5 Å². The van der Waals surface area contributed by atoms with E-state index in [1.165, 1.54) is 0 Å². The lowest BCUT2D eigenvalue weighted by molar-refractivity contribution is 0.939. The average molecular weight is 197 g/mol. The van der Waals surface area contributed by atoms with Crippen molar-refractivity contribution in [2.75, 3.05) is 0 Å². The molecule has 0 saturated carbocycles. The third kappa shape index (κ3) is 1.34. The van der Waals surface area contributed by atoms with Crippen LogP contribution in [0.4, 0.5) is 0 Å². The fourth-order valence-electron chi connectivity index (χ4n) is 1.40. The van der Waals surface area contributed by atoms with E-state index in [4.69, 9.17) is 0 Å². The van der Waals surface area contributed by atoms with Crippen LogP contribution < -0.4 is 0 Å². The Bertz CT molecular complexity index is 588. The van der Waals surface area contributed by atoms with Crippen molar-refractivity contribution < 1.29 is 0 Å². The van der Waals surface area contributed by atoms with Gasteiger partial charge in [-0.2, -0.15) is 15.4 Å². The minimum absolute atomic E-state index is 0.586. The van der Waals surface area contributed by atoms with Crippen molar-refractivity contribution in [2.24, 2.45) is 0 Å². The Labute approximate surface area is 85.2 Å². The van der Waals surface area contributed by atoms with E-state index in [2.05, 4.69) is 25.4 Å². The van der Waals surface area contributed by atoms with Crippen molar-refractivity contribution in [1.82, 2.24) is 25.4 Å². The summed E-state index contributed by atoms with van der Waals surface area (Å²) in [4.78, 5) is 8.60. The summed E-state index contributed by atoms with van der Waals surface area (Å²) in [5.74, 6) is 0.586. The minimum Gasteiger partial charge on any atom is -0.234 e. The Hall–Kier alpha value is -2.30. The summed E-state index contributed by atoms with van der Waals surface area (Å²) in [5.41, 5.74) is 1.56. The molecule has 0 aliphatic rings. The van der Waals surface area contributed by atoms with Gasteiger partial charge in [0.05, 0.1) is 11.7 Å². The summed E-state index contributed by atoms with van der Waals surface area (Å²) >= 11 is 0. The number of para-hydroxylation sites is 1. The maximum absolute atomic E-state index is 4.38. The van der Waals surface area contributed by atoms with E-state index < -0.39 is 0 Å². The topological polar surface area (TPSA) is 67.3 Å². The van der Waals surface area contributed by atoms with Gasteiger partial charge in [0, 0.05) is 11.6 Å². The Kier molecular flexibility index (Phi) is 1.68. The molecule has 5 heteroatoms. The number of fused-ring (bicyclic) bond motifs is 1. The van der Waals surface area contributed by atoms with Crippen LogP contribution in [-0.2, 0) is 0 Å². The number of nitrogens with one attached hydrogen (secondary N) is 1. The molecule has 2 heterocycles. The van der Waals surface area contributed by atoms with Crippen LogP contribution in [0.2, 0.25) is 0 Å². The molecule has 0 unspecified atom stereocenters. The number of hydrogen-bond donors (Lipinski definition) is 1. The molecular weight excluding hydrogens is 190 g/mol. The molecule has 0 aliphatic carbocycles. The van der Waals surface area contributed by atoms with E-state index in [0.717, 1.165) is 10.9 Å². The molecule has 1 N–H and O–H groups in total. The summed E-state index contributed by atoms with van der Waals surface area (Å²) < 4.78 is 0. The standard InChI is InChI=1S/C10H7N5/c1-2-4-8-7(3-1)5-11-10(13-8)9-6-12-15-14-9/h1-6H,(H,12,14,15). The molecule has 0 bridgehead atoms. The van der Waals surface area contributed by atoms with E-state index >= 15 is 0 Å². The van der Waals surface area contributed by atoms with E-state index in [1.807, 2.05) is 24.3 Å². The molecule has 0 fully saturated rings. The van der Waals surface area contributed by atoms with E-state index in [9.17, 15) is 0 Å². The first-order valence-electron chi connectivity index (χ1n) is 4.51. The molecule has 0 spiro atoms. The van der Waals surface area contributed by atoms with Gasteiger partial charge in [0.15, 0.2) is 5.82 Å². The van der Waals surface area contributed by atoms with Gasteiger partial charge in [-0.3, -0.25) is 0 Å². The quantitative estimate of drug-likeness (QED) is 0.640. The van der Waals surface area contributed by atoms with Gasteiger partial charge < -0.3 is 0 Å². The van der Waals surface area contributed by atoms with Crippen molar-refractivity contribution >= 4 is 10.9 Å². The fraction of sp³-hybridized carbons (Fsp3) is 0. The molecule has 2 aromatic heterocycles. The minimum atomic E-state index is 0.586. The van der Waals surface area contributed by atoms with Crippen LogP contribution in [0.1, 0.15) is 0 Å². The van der Waals surface area contributed by atoms with Crippen molar-refractivity contribution in [1.29, 1.82) is 0 Å². The zero-order chi connectivity index (χ0) is 10.1. The number of rotatable bonds is 1. The second-order valence-electron chi connectivity index (χ2n) is 3.11. The molecule has 0 aliphatic heterocycles. The Morgan fingerprint density at radius 1 is 1.07 bits per heavy atom. The van der Waals surface area contributed by atoms with E-state index in [0.29, 0.717) is 11.5 Å². The van der Waals surface area contributed by atoms with Crippen LogP contribution in [0.15, 0.2) is 36.7 Å². The van der Waals surface area contributed by atoms with Gasteiger partial charge in [0.2, 0.25) is 0 Å². The maximum Gasteiger partial charge on any atom is 0.182 e. The monoisotopic (exact) mass is 197 g/mol. The number of H-pyrrole nitrogens is 1. The summed E-state index contributed by atoms with van der Waals surface area (Å²) in [5, 5.41) is 11.2. The highest BCUT2D eigenvalue weighted by atomic mass is 15.3. The van der Waals surface area contributed by atoms with Crippen LogP contribution in [0, 0.1) is 0 Å². The lowest BCUT2D eigenvalue weighted by Gasteiger charge is -1.97. The number of aromatic amines is 1. The summed E-state index contributed by atoms with van der Waals surface area (Å²) in [7, 11) is 0. The molecular formula is C10H7N5. The zero-order valence-corrected chi connectivity index (χ0v) is 7.75. The summed E-state index contributed by atoms with van der Waals surface area (Å²) in [6.07, 6.45) is 3.39. The summed E-state index contributed by atoms with van der Waals surface area (Å²) in [6.45, 7) is 0. The highest BCUT2D eigenvalue weighted by Crippen LogP contribution is 2.14. The van der Waals surface area contributed by atoms with Gasteiger partial charge in [0.25, 0.3) is 0 Å². The number of benzene rings is 1. The molecule has 0 amide bonds. The highest BCUT2D eigenvalue weighted by Gasteiger charge is 2.04. The average Bonchev–Trinajstić information content (AvgIpc) is 2.82. The van der Waals surface area contributed by atoms with Crippen LogP contribution in [0.3, 0.4) is 0 Å². The normalized spacial score (nSPS) is 10.7. The second-order valence-corrected chi connectivity index (χ2v) is 3.11.